The highest BCUT2D eigenvalue weighted by Gasteiger charge is 2.13. The third-order valence-corrected chi connectivity index (χ3v) is 2.65. The maximum atomic E-state index is 11.4. The minimum Gasteiger partial charge on any atom is -0.348 e. The van der Waals surface area contributed by atoms with Gasteiger partial charge in [0.15, 0.2) is 0 Å². The van der Waals surface area contributed by atoms with Gasteiger partial charge in [0.1, 0.15) is 0 Å². The standard InChI is InChI=1S/C11H13IN2O2/c1-3-13-10(15)11(16)14-9-5-4-8(12)6-7(9)2/h4-6H,3H2,1-2H3,(H,13,15)(H,14,16). The van der Waals surface area contributed by atoms with Crippen molar-refractivity contribution in [2.45, 2.75) is 13.8 Å². The Balaban J connectivity index is 2.73. The number of amides is 2. The highest BCUT2D eigenvalue weighted by molar-refractivity contribution is 14.1. The maximum absolute atomic E-state index is 11.4. The minimum atomic E-state index is -0.633. The highest BCUT2D eigenvalue weighted by atomic mass is 127. The second kappa shape index (κ2) is 5.83. The van der Waals surface area contributed by atoms with Crippen molar-refractivity contribution in [1.82, 2.24) is 5.32 Å². The maximum Gasteiger partial charge on any atom is 0.313 e. The lowest BCUT2D eigenvalue weighted by atomic mass is 10.2. The summed E-state index contributed by atoms with van der Waals surface area (Å²) in [6.07, 6.45) is 0. The summed E-state index contributed by atoms with van der Waals surface area (Å²) in [5, 5.41) is 5.01. The number of anilines is 1. The highest BCUT2D eigenvalue weighted by Crippen LogP contribution is 2.17. The van der Waals surface area contributed by atoms with E-state index in [0.717, 1.165) is 9.13 Å². The fourth-order valence-electron chi connectivity index (χ4n) is 1.19. The third-order valence-electron chi connectivity index (χ3n) is 1.98. The molecular weight excluding hydrogens is 319 g/mol. The number of likely N-dealkylation sites (N-methyl/N-ethyl adjacent to an activating group) is 1. The molecule has 0 heterocycles. The Morgan fingerprint density at radius 3 is 2.56 bits per heavy atom. The summed E-state index contributed by atoms with van der Waals surface area (Å²) in [6.45, 7) is 4.09. The average Bonchev–Trinajstić information content (AvgIpc) is 2.22. The summed E-state index contributed by atoms with van der Waals surface area (Å²) in [6, 6.07) is 5.60. The molecule has 0 aliphatic rings. The van der Waals surface area contributed by atoms with Crippen molar-refractivity contribution in [1.29, 1.82) is 0 Å². The van der Waals surface area contributed by atoms with E-state index in [2.05, 4.69) is 33.2 Å². The molecule has 5 heteroatoms. The van der Waals surface area contributed by atoms with Crippen LogP contribution in [0.2, 0.25) is 0 Å². The van der Waals surface area contributed by atoms with Crippen molar-refractivity contribution in [2.24, 2.45) is 0 Å². The molecule has 0 fully saturated rings. The third kappa shape index (κ3) is 3.48. The molecule has 0 aliphatic carbocycles. The Bertz CT molecular complexity index is 418. The summed E-state index contributed by atoms with van der Waals surface area (Å²) in [4.78, 5) is 22.6. The number of carbonyl (C=O) groups excluding carboxylic acids is 2. The molecule has 0 aliphatic heterocycles. The van der Waals surface area contributed by atoms with Crippen molar-refractivity contribution >= 4 is 40.1 Å². The quantitative estimate of drug-likeness (QED) is 0.639. The van der Waals surface area contributed by atoms with Gasteiger partial charge in [-0.25, -0.2) is 0 Å². The Morgan fingerprint density at radius 2 is 2.00 bits per heavy atom. The zero-order valence-electron chi connectivity index (χ0n) is 9.13. The summed E-state index contributed by atoms with van der Waals surface area (Å²) in [5.41, 5.74) is 1.60. The summed E-state index contributed by atoms with van der Waals surface area (Å²) >= 11 is 2.19. The van der Waals surface area contributed by atoms with Gasteiger partial charge in [0.05, 0.1) is 0 Å². The van der Waals surface area contributed by atoms with Gasteiger partial charge >= 0.3 is 11.8 Å². The van der Waals surface area contributed by atoms with Gasteiger partial charge in [0, 0.05) is 15.8 Å². The molecule has 0 radical (unpaired) electrons. The van der Waals surface area contributed by atoms with Crippen LogP contribution in [-0.2, 0) is 9.59 Å². The van der Waals surface area contributed by atoms with Crippen LogP contribution >= 0.6 is 22.6 Å². The summed E-state index contributed by atoms with van der Waals surface area (Å²) in [5.74, 6) is -1.24. The molecule has 1 rings (SSSR count). The smallest absolute Gasteiger partial charge is 0.313 e. The molecule has 2 amide bonds. The number of rotatable bonds is 2. The fourth-order valence-corrected chi connectivity index (χ4v) is 1.83. The molecule has 1 aromatic rings. The Kier molecular flexibility index (Phi) is 4.72. The molecule has 16 heavy (non-hydrogen) atoms. The first-order chi connectivity index (χ1) is 7.54. The molecule has 0 saturated carbocycles. The number of halogens is 1. The van der Waals surface area contributed by atoms with Crippen molar-refractivity contribution in [3.63, 3.8) is 0 Å². The van der Waals surface area contributed by atoms with E-state index < -0.39 is 11.8 Å². The van der Waals surface area contributed by atoms with Crippen LogP contribution < -0.4 is 10.6 Å². The van der Waals surface area contributed by atoms with E-state index in [1.165, 1.54) is 0 Å². The molecule has 0 spiro atoms. The lowest BCUT2D eigenvalue weighted by Gasteiger charge is -2.08. The number of aryl methyl sites for hydroxylation is 1. The van der Waals surface area contributed by atoms with E-state index in [-0.39, 0.29) is 0 Å². The SMILES string of the molecule is CCNC(=O)C(=O)Nc1ccc(I)cc1C. The predicted octanol–water partition coefficient (Wildman–Crippen LogP) is 1.67. The largest absolute Gasteiger partial charge is 0.348 e. The summed E-state index contributed by atoms with van der Waals surface area (Å²) in [7, 11) is 0. The topological polar surface area (TPSA) is 58.2 Å². The average molecular weight is 332 g/mol. The monoisotopic (exact) mass is 332 g/mol. The lowest BCUT2D eigenvalue weighted by Crippen LogP contribution is -2.35. The minimum absolute atomic E-state index is 0.442. The fraction of sp³-hybridized carbons (Fsp3) is 0.273. The number of hydrogen-bond acceptors (Lipinski definition) is 2. The van der Waals surface area contributed by atoms with Gasteiger partial charge in [-0.15, -0.1) is 0 Å². The molecule has 86 valence electrons. The van der Waals surface area contributed by atoms with Crippen molar-refractivity contribution in [3.8, 4) is 0 Å². The second-order valence-electron chi connectivity index (χ2n) is 3.27. The van der Waals surface area contributed by atoms with Crippen LogP contribution in [0.1, 0.15) is 12.5 Å². The molecule has 4 nitrogen and oxygen atoms in total. The van der Waals surface area contributed by atoms with Crippen molar-refractivity contribution in [3.05, 3.63) is 27.3 Å². The molecule has 0 bridgehead atoms. The van der Waals surface area contributed by atoms with Crippen LogP contribution in [-0.4, -0.2) is 18.4 Å². The number of hydrogen-bond donors (Lipinski definition) is 2. The van der Waals surface area contributed by atoms with E-state index in [1.807, 2.05) is 19.1 Å². The molecular formula is C11H13IN2O2. The van der Waals surface area contributed by atoms with Gasteiger partial charge in [-0.1, -0.05) is 0 Å². The van der Waals surface area contributed by atoms with E-state index >= 15 is 0 Å². The first-order valence-corrected chi connectivity index (χ1v) is 5.97. The van der Waals surface area contributed by atoms with Gasteiger partial charge < -0.3 is 10.6 Å². The van der Waals surface area contributed by atoms with Crippen LogP contribution in [0.25, 0.3) is 0 Å². The number of nitrogens with one attached hydrogen (secondary N) is 2. The Hall–Kier alpha value is -1.11. The van der Waals surface area contributed by atoms with Gasteiger partial charge in [0.25, 0.3) is 0 Å². The van der Waals surface area contributed by atoms with Crippen molar-refractivity contribution in [2.75, 3.05) is 11.9 Å². The molecule has 0 atom stereocenters. The van der Waals surface area contributed by atoms with Crippen LogP contribution in [0.4, 0.5) is 5.69 Å². The number of benzene rings is 1. The predicted molar refractivity (Wildman–Crippen MR) is 71.2 cm³/mol. The first kappa shape index (κ1) is 13.0. The van der Waals surface area contributed by atoms with Gasteiger partial charge in [0.2, 0.25) is 0 Å². The summed E-state index contributed by atoms with van der Waals surface area (Å²) < 4.78 is 1.09. The Morgan fingerprint density at radius 1 is 1.31 bits per heavy atom. The van der Waals surface area contributed by atoms with E-state index in [0.29, 0.717) is 12.2 Å². The second-order valence-corrected chi connectivity index (χ2v) is 4.52. The normalized spacial score (nSPS) is 9.69. The van der Waals surface area contributed by atoms with Gasteiger partial charge in [-0.05, 0) is 60.2 Å². The zero-order chi connectivity index (χ0) is 12.1. The molecule has 0 unspecified atom stereocenters. The first-order valence-electron chi connectivity index (χ1n) is 4.90. The molecule has 0 saturated heterocycles. The lowest BCUT2D eigenvalue weighted by molar-refractivity contribution is -0.136. The van der Waals surface area contributed by atoms with Crippen LogP contribution in [0.5, 0.6) is 0 Å². The van der Waals surface area contributed by atoms with E-state index in [4.69, 9.17) is 0 Å². The van der Waals surface area contributed by atoms with Crippen molar-refractivity contribution < 1.29 is 9.59 Å². The van der Waals surface area contributed by atoms with E-state index in [9.17, 15) is 9.59 Å². The van der Waals surface area contributed by atoms with Crippen LogP contribution in [0.3, 0.4) is 0 Å². The molecule has 0 aromatic heterocycles. The van der Waals surface area contributed by atoms with Crippen LogP contribution in [0.15, 0.2) is 18.2 Å². The van der Waals surface area contributed by atoms with Gasteiger partial charge in [-0.2, -0.15) is 0 Å². The number of carbonyl (C=O) groups is 2. The molecule has 2 N–H and O–H groups in total. The van der Waals surface area contributed by atoms with Gasteiger partial charge in [-0.3, -0.25) is 9.59 Å². The zero-order valence-corrected chi connectivity index (χ0v) is 11.3. The Labute approximate surface area is 108 Å². The molecule has 1 aromatic carbocycles. The van der Waals surface area contributed by atoms with E-state index in [1.54, 1.807) is 13.0 Å². The van der Waals surface area contributed by atoms with Crippen LogP contribution in [0, 0.1) is 10.5 Å².